The van der Waals surface area contributed by atoms with Gasteiger partial charge in [0.05, 0.1) is 55.2 Å². The predicted octanol–water partition coefficient (Wildman–Crippen LogP) is 11.5. The lowest BCUT2D eigenvalue weighted by Crippen LogP contribution is -2.74. The fourth-order valence-electron chi connectivity index (χ4n) is 12.1. The molecule has 0 unspecified atom stereocenters. The number of hydrogen-bond acceptors (Lipinski definition) is 5. The zero-order valence-corrected chi connectivity index (χ0v) is 41.7. The van der Waals surface area contributed by atoms with Gasteiger partial charge in [-0.15, -0.1) is 0 Å². The second-order valence-electron chi connectivity index (χ2n) is 19.4. The molecule has 356 valence electrons. The van der Waals surface area contributed by atoms with Crippen molar-refractivity contribution in [2.75, 3.05) is 0 Å². The quantitative estimate of drug-likeness (QED) is 0.112. The van der Waals surface area contributed by atoms with Crippen LogP contribution >= 0.6 is 0 Å². The minimum atomic E-state index is -3.11. The summed E-state index contributed by atoms with van der Waals surface area (Å²) in [6, 6.07) is 91.0. The summed E-state index contributed by atoms with van der Waals surface area (Å²) < 4.78 is 10.9. The predicted molar refractivity (Wildman–Crippen MR) is 309 cm³/mol. The highest BCUT2D eigenvalue weighted by atomic mass is 28.3. The van der Waals surface area contributed by atoms with Gasteiger partial charge in [-0.2, -0.15) is 15.0 Å². The van der Waals surface area contributed by atoms with E-state index in [0.717, 1.165) is 55.4 Å². The van der Waals surface area contributed by atoms with Crippen LogP contribution in [0.15, 0.2) is 255 Å². The molecule has 0 amide bonds. The summed E-state index contributed by atoms with van der Waals surface area (Å²) in [7, 11) is -3.11. The average molecular weight is 991 g/mol. The first kappa shape index (κ1) is 42.3. The topological polar surface area (TPSA) is 88.1 Å². The minimum Gasteiger partial charge on any atom is -0.309 e. The number of rotatable bonds is 8. The summed E-state index contributed by atoms with van der Waals surface area (Å²) in [5.41, 5.74) is 11.9. The number of fused-ring (bicyclic) bond motifs is 13. The van der Waals surface area contributed by atoms with Crippen LogP contribution in [0.5, 0.6) is 0 Å². The molecule has 0 saturated carbocycles. The third-order valence-corrected chi connectivity index (χ3v) is 20.1. The van der Waals surface area contributed by atoms with Crippen LogP contribution in [-0.4, -0.2) is 55.5 Å². The molecule has 6 heterocycles. The van der Waals surface area contributed by atoms with Gasteiger partial charge in [0.15, 0.2) is 13.9 Å². The molecule has 0 spiro atoms. The van der Waals surface area contributed by atoms with Crippen LogP contribution in [0.3, 0.4) is 0 Å². The molecule has 0 aliphatic heterocycles. The second kappa shape index (κ2) is 16.4. The zero-order valence-electron chi connectivity index (χ0n) is 40.7. The Morgan fingerprint density at radius 1 is 0.276 bits per heavy atom. The van der Waals surface area contributed by atoms with Crippen LogP contribution in [0.2, 0.25) is 0 Å². The Hall–Kier alpha value is -10.2. The van der Waals surface area contributed by atoms with E-state index < -0.39 is 8.07 Å². The molecule has 16 rings (SSSR count). The highest BCUT2D eigenvalue weighted by molar-refractivity contribution is 7.19. The third kappa shape index (κ3) is 6.05. The Labute approximate surface area is 435 Å². The summed E-state index contributed by atoms with van der Waals surface area (Å²) in [5, 5.41) is 7.45. The highest BCUT2D eigenvalue weighted by Gasteiger charge is 2.42. The molecule has 10 aromatic carbocycles. The summed E-state index contributed by atoms with van der Waals surface area (Å²) in [5.74, 6) is 2.81. The van der Waals surface area contributed by atoms with E-state index in [1.807, 2.05) is 12.1 Å². The van der Waals surface area contributed by atoms with Crippen LogP contribution in [0.4, 0.5) is 0 Å². The van der Waals surface area contributed by atoms with E-state index in [1.54, 1.807) is 0 Å². The second-order valence-corrected chi connectivity index (χ2v) is 23.2. The van der Waals surface area contributed by atoms with E-state index in [-0.39, 0.29) is 0 Å². The molecule has 0 fully saturated rings. The first-order chi connectivity index (χ1) is 37.7. The van der Waals surface area contributed by atoms with Crippen LogP contribution in [0, 0.1) is 0 Å². The fraction of sp³-hybridized carbons (Fsp3) is 0. The lowest BCUT2D eigenvalue weighted by atomic mass is 10.2. The smallest absolute Gasteiger partial charge is 0.242 e. The number of benzene rings is 10. The van der Waals surface area contributed by atoms with Crippen LogP contribution in [0.25, 0.3) is 106 Å². The van der Waals surface area contributed by atoms with Crippen molar-refractivity contribution < 1.29 is 0 Å². The molecule has 0 saturated heterocycles. The van der Waals surface area contributed by atoms with Gasteiger partial charge in [-0.3, -0.25) is 8.80 Å². The number of nitrogens with zero attached hydrogens (tertiary/aromatic N) is 10. The number of hydrogen-bond donors (Lipinski definition) is 0. The van der Waals surface area contributed by atoms with E-state index in [0.29, 0.717) is 29.3 Å². The molecule has 0 atom stereocenters. The molecule has 0 aliphatic carbocycles. The van der Waals surface area contributed by atoms with Crippen molar-refractivity contribution in [3.05, 3.63) is 255 Å². The summed E-state index contributed by atoms with van der Waals surface area (Å²) >= 11 is 0. The molecule has 0 aliphatic rings. The highest BCUT2D eigenvalue weighted by Crippen LogP contribution is 2.34. The van der Waals surface area contributed by atoms with E-state index >= 15 is 0 Å². The first-order valence-electron chi connectivity index (χ1n) is 25.5. The molecular formula is C65H42N10Si. The summed E-state index contributed by atoms with van der Waals surface area (Å²) in [6.07, 6.45) is 0. The Kier molecular flexibility index (Phi) is 9.12. The van der Waals surface area contributed by atoms with Crippen LogP contribution in [-0.2, 0) is 0 Å². The summed E-state index contributed by atoms with van der Waals surface area (Å²) in [6.45, 7) is 0. The van der Waals surface area contributed by atoms with Gasteiger partial charge in [0.2, 0.25) is 23.5 Å². The Bertz CT molecular complexity index is 4690. The SMILES string of the molecule is c1ccc([Si](c2ccccc2)(c2ccc(-n3c4ccccc4c4ccccc43)cc2)c2cccc(-c3nc(-n4c5ccccc5n5c6ccccc6nc45)nc(-n4c5ccccc5n5c6ccccc6nc45)n3)c2)cc1. The number of para-hydroxylation sites is 10. The van der Waals surface area contributed by atoms with E-state index in [2.05, 4.69) is 265 Å². The zero-order chi connectivity index (χ0) is 49.9. The fourth-order valence-corrected chi connectivity index (χ4v) is 16.9. The van der Waals surface area contributed by atoms with E-state index in [9.17, 15) is 0 Å². The van der Waals surface area contributed by atoms with Gasteiger partial charge in [-0.1, -0.05) is 182 Å². The van der Waals surface area contributed by atoms with Gasteiger partial charge in [-0.25, -0.2) is 19.1 Å². The maximum absolute atomic E-state index is 5.52. The first-order valence-corrected chi connectivity index (χ1v) is 27.5. The molecule has 0 bridgehead atoms. The molecule has 0 radical (unpaired) electrons. The lowest BCUT2D eigenvalue weighted by molar-refractivity contribution is 0.877. The van der Waals surface area contributed by atoms with Crippen molar-refractivity contribution in [1.82, 2.24) is 47.4 Å². The Balaban J connectivity index is 0.959. The monoisotopic (exact) mass is 990 g/mol. The molecular weight excluding hydrogens is 949 g/mol. The van der Waals surface area contributed by atoms with Crippen molar-refractivity contribution in [3.63, 3.8) is 0 Å². The Morgan fingerprint density at radius 2 is 0.684 bits per heavy atom. The third-order valence-electron chi connectivity index (χ3n) is 15.3. The largest absolute Gasteiger partial charge is 0.309 e. The number of aromatic nitrogens is 10. The van der Waals surface area contributed by atoms with Crippen molar-refractivity contribution in [3.8, 4) is 29.0 Å². The van der Waals surface area contributed by atoms with Crippen LogP contribution < -0.4 is 20.7 Å². The Morgan fingerprint density at radius 3 is 1.20 bits per heavy atom. The lowest BCUT2D eigenvalue weighted by Gasteiger charge is -2.34. The van der Waals surface area contributed by atoms with Gasteiger partial charge in [0.25, 0.3) is 0 Å². The maximum atomic E-state index is 5.52. The average Bonchev–Trinajstić information content (AvgIpc) is 4.34. The van der Waals surface area contributed by atoms with Gasteiger partial charge in [0.1, 0.15) is 0 Å². The van der Waals surface area contributed by atoms with Gasteiger partial charge in [-0.05, 0) is 93.5 Å². The van der Waals surface area contributed by atoms with E-state index in [4.69, 9.17) is 24.9 Å². The molecule has 0 N–H and O–H groups in total. The van der Waals surface area contributed by atoms with Gasteiger partial charge < -0.3 is 4.57 Å². The normalized spacial score (nSPS) is 12.2. The van der Waals surface area contributed by atoms with Crippen LogP contribution in [0.1, 0.15) is 0 Å². The number of imidazole rings is 4. The maximum Gasteiger partial charge on any atom is 0.242 e. The molecule has 76 heavy (non-hydrogen) atoms. The van der Waals surface area contributed by atoms with Crippen molar-refractivity contribution >= 4 is 106 Å². The van der Waals surface area contributed by atoms with Crippen molar-refractivity contribution in [2.24, 2.45) is 0 Å². The molecule has 11 heteroatoms. The van der Waals surface area contributed by atoms with Gasteiger partial charge in [0, 0.05) is 22.0 Å². The van der Waals surface area contributed by atoms with Gasteiger partial charge >= 0.3 is 0 Å². The molecule has 6 aromatic heterocycles. The molecule has 16 aromatic rings. The standard InChI is InChI=1S/C65H42N10Si/c1-3-21-45(22-4-1)76(46-23-5-2-6-24-46,47-40-38-44(39-41-47)71-53-30-11-7-26-49(53)50-27-8-12-31-54(50)71)48-25-19-20-43(42-48)61-68-62(74-59-36-17-15-34-57(59)72-55-32-13-9-28-51(55)66-64(72)74)70-63(69-61)75-60-37-18-16-35-58(60)73-56-33-14-10-29-52(56)67-65(73)75/h1-42H. The van der Waals surface area contributed by atoms with E-state index in [1.165, 1.54) is 42.6 Å². The van der Waals surface area contributed by atoms with Crippen molar-refractivity contribution in [2.45, 2.75) is 0 Å². The molecule has 10 nitrogen and oxygen atoms in total. The van der Waals surface area contributed by atoms with Crippen molar-refractivity contribution in [1.29, 1.82) is 0 Å². The summed E-state index contributed by atoms with van der Waals surface area (Å²) in [4.78, 5) is 27.0. The minimum absolute atomic E-state index is 0.439.